The highest BCUT2D eigenvalue weighted by molar-refractivity contribution is 5.69. The van der Waals surface area contributed by atoms with Crippen molar-refractivity contribution in [2.75, 3.05) is 5.32 Å². The molecule has 0 radical (unpaired) electrons. The second kappa shape index (κ2) is 4.01. The number of anilines is 1. The van der Waals surface area contributed by atoms with E-state index in [0.717, 1.165) is 16.9 Å². The highest BCUT2D eigenvalue weighted by Gasteiger charge is 2.63. The Kier molecular flexibility index (Phi) is 2.67. The van der Waals surface area contributed by atoms with Gasteiger partial charge in [-0.2, -0.15) is 31.4 Å². The Balaban J connectivity index is 2.02. The number of fused-ring (bicyclic) bond motifs is 1. The number of nitrogens with zero attached hydrogens (tertiary/aromatic N) is 3. The summed E-state index contributed by atoms with van der Waals surface area (Å²) in [5, 5.41) is 5.50. The Morgan fingerprint density at radius 3 is 2.33 bits per heavy atom. The van der Waals surface area contributed by atoms with E-state index in [4.69, 9.17) is 0 Å². The van der Waals surface area contributed by atoms with Gasteiger partial charge in [0.2, 0.25) is 0 Å². The van der Waals surface area contributed by atoms with Gasteiger partial charge in [-0.25, -0.2) is 9.50 Å². The lowest BCUT2D eigenvalue weighted by Gasteiger charge is -2.21. The Hall–Kier alpha value is -2.00. The summed E-state index contributed by atoms with van der Waals surface area (Å²) >= 11 is 0. The minimum atomic E-state index is -4.68. The van der Waals surface area contributed by atoms with Gasteiger partial charge in [0.1, 0.15) is 11.1 Å². The Morgan fingerprint density at radius 1 is 1.14 bits per heavy atom. The van der Waals surface area contributed by atoms with Crippen LogP contribution < -0.4 is 5.32 Å². The molecule has 0 amide bonds. The largest absolute Gasteiger partial charge is 0.435 e. The fourth-order valence-electron chi connectivity index (χ4n) is 1.99. The van der Waals surface area contributed by atoms with Crippen LogP contribution in [0.2, 0.25) is 0 Å². The monoisotopic (exact) mass is 310 g/mol. The van der Waals surface area contributed by atoms with E-state index in [1.165, 1.54) is 0 Å². The van der Waals surface area contributed by atoms with Crippen molar-refractivity contribution in [1.82, 2.24) is 14.6 Å². The van der Waals surface area contributed by atoms with Crippen LogP contribution in [-0.2, 0) is 6.18 Å². The molecule has 2 heterocycles. The first kappa shape index (κ1) is 14.0. The van der Waals surface area contributed by atoms with Crippen LogP contribution in [0.1, 0.15) is 18.5 Å². The van der Waals surface area contributed by atoms with Crippen molar-refractivity contribution in [3.63, 3.8) is 0 Å². The Labute approximate surface area is 113 Å². The van der Waals surface area contributed by atoms with Gasteiger partial charge in [0, 0.05) is 18.5 Å². The van der Waals surface area contributed by atoms with Gasteiger partial charge in [0.15, 0.2) is 11.5 Å². The summed E-state index contributed by atoms with van der Waals surface area (Å²) < 4.78 is 77.3. The predicted octanol–water partition coefficient (Wildman–Crippen LogP) is 3.25. The van der Waals surface area contributed by atoms with Crippen molar-refractivity contribution >= 4 is 11.3 Å². The number of hydrogen-bond acceptors (Lipinski definition) is 3. The second-order valence-corrected chi connectivity index (χ2v) is 4.84. The summed E-state index contributed by atoms with van der Waals surface area (Å²) in [5.41, 5.74) is -3.44. The maximum atomic E-state index is 12.9. The van der Waals surface area contributed by atoms with Crippen LogP contribution in [0.15, 0.2) is 18.5 Å². The molecule has 21 heavy (non-hydrogen) atoms. The first-order valence-electron chi connectivity index (χ1n) is 5.89. The average Bonchev–Trinajstić information content (AvgIpc) is 2.99. The normalized spacial score (nSPS) is 18.0. The van der Waals surface area contributed by atoms with Gasteiger partial charge >= 0.3 is 12.4 Å². The topological polar surface area (TPSA) is 42.2 Å². The molecule has 1 aliphatic rings. The van der Waals surface area contributed by atoms with Gasteiger partial charge in [-0.1, -0.05) is 0 Å². The van der Waals surface area contributed by atoms with Crippen LogP contribution in [0, 0.1) is 0 Å². The van der Waals surface area contributed by atoms with Crippen LogP contribution in [0.25, 0.3) is 5.52 Å². The summed E-state index contributed by atoms with van der Waals surface area (Å²) in [5.74, 6) is -0.268. The van der Waals surface area contributed by atoms with E-state index >= 15 is 0 Å². The minimum Gasteiger partial charge on any atom is -0.354 e. The molecule has 3 rings (SSSR count). The molecule has 0 saturated heterocycles. The van der Waals surface area contributed by atoms with E-state index in [1.54, 1.807) is 0 Å². The van der Waals surface area contributed by atoms with Gasteiger partial charge in [-0.3, -0.25) is 0 Å². The molecule has 1 saturated carbocycles. The summed E-state index contributed by atoms with van der Waals surface area (Å²) in [7, 11) is 0. The molecule has 0 aromatic carbocycles. The Bertz CT molecular complexity index is 682. The van der Waals surface area contributed by atoms with Gasteiger partial charge in [-0.15, -0.1) is 0 Å². The molecule has 10 heteroatoms. The van der Waals surface area contributed by atoms with Crippen LogP contribution >= 0.6 is 0 Å². The predicted molar refractivity (Wildman–Crippen MR) is 59.6 cm³/mol. The average molecular weight is 310 g/mol. The lowest BCUT2D eigenvalue weighted by atomic mass is 10.2. The van der Waals surface area contributed by atoms with Crippen molar-refractivity contribution in [2.45, 2.75) is 30.7 Å². The first-order valence-corrected chi connectivity index (χ1v) is 5.89. The zero-order valence-electron chi connectivity index (χ0n) is 10.3. The van der Waals surface area contributed by atoms with Crippen LogP contribution in [-0.4, -0.2) is 26.3 Å². The third kappa shape index (κ3) is 2.28. The van der Waals surface area contributed by atoms with Gasteiger partial charge < -0.3 is 5.32 Å². The van der Waals surface area contributed by atoms with Crippen molar-refractivity contribution in [1.29, 1.82) is 0 Å². The highest BCUT2D eigenvalue weighted by atomic mass is 19.4. The molecule has 0 atom stereocenters. The molecular weight excluding hydrogens is 302 g/mol. The first-order chi connectivity index (χ1) is 9.62. The maximum Gasteiger partial charge on any atom is 0.435 e. The number of halogens is 6. The van der Waals surface area contributed by atoms with Crippen LogP contribution in [0.3, 0.4) is 0 Å². The molecule has 0 aliphatic heterocycles. The van der Waals surface area contributed by atoms with Gasteiger partial charge in [-0.05, 0) is 12.8 Å². The zero-order valence-corrected chi connectivity index (χ0v) is 10.3. The number of aromatic nitrogens is 3. The van der Waals surface area contributed by atoms with Crippen molar-refractivity contribution < 1.29 is 26.3 Å². The van der Waals surface area contributed by atoms with E-state index in [0.29, 0.717) is 6.07 Å². The molecule has 1 aliphatic carbocycles. The third-order valence-electron chi connectivity index (χ3n) is 3.33. The number of rotatable bonds is 2. The van der Waals surface area contributed by atoms with E-state index in [2.05, 4.69) is 15.4 Å². The molecule has 2 aromatic rings. The minimum absolute atomic E-state index is 0.139. The van der Waals surface area contributed by atoms with Gasteiger partial charge in [0.05, 0.1) is 0 Å². The summed E-state index contributed by atoms with van der Waals surface area (Å²) in [6.07, 6.45) is -7.21. The zero-order chi connectivity index (χ0) is 15.5. The van der Waals surface area contributed by atoms with E-state index in [-0.39, 0.29) is 24.2 Å². The van der Waals surface area contributed by atoms with Gasteiger partial charge in [0.25, 0.3) is 0 Å². The second-order valence-electron chi connectivity index (χ2n) is 4.84. The standard InChI is InChI=1S/C11H8F6N4/c12-10(13,14)7-5-6-8(18-3-4-21(6)20-7)19-9(1-2-9)11(15,16)17/h3-5H,1-2H2,(H,18,19). The third-order valence-corrected chi connectivity index (χ3v) is 3.33. The van der Waals surface area contributed by atoms with Crippen molar-refractivity contribution in [3.05, 3.63) is 24.2 Å². The Morgan fingerprint density at radius 2 is 1.81 bits per heavy atom. The molecule has 1 N–H and O–H groups in total. The molecule has 114 valence electrons. The number of hydrogen-bond donors (Lipinski definition) is 1. The fraction of sp³-hybridized carbons (Fsp3) is 0.455. The summed E-state index contributed by atoms with van der Waals surface area (Å²) in [6.45, 7) is 0. The van der Waals surface area contributed by atoms with Crippen LogP contribution in [0.5, 0.6) is 0 Å². The van der Waals surface area contributed by atoms with E-state index < -0.39 is 23.6 Å². The SMILES string of the molecule is FC(F)(F)c1cc2c(NC3(C(F)(F)F)CC3)nccn2n1. The molecule has 1 fully saturated rings. The number of alkyl halides is 6. The van der Waals surface area contributed by atoms with E-state index in [9.17, 15) is 26.3 Å². The smallest absolute Gasteiger partial charge is 0.354 e. The molecule has 0 spiro atoms. The number of nitrogens with one attached hydrogen (secondary N) is 1. The maximum absolute atomic E-state index is 12.9. The molecule has 0 unspecified atom stereocenters. The lowest BCUT2D eigenvalue weighted by Crippen LogP contribution is -2.39. The van der Waals surface area contributed by atoms with E-state index in [1.807, 2.05) is 0 Å². The molecular formula is C11H8F6N4. The lowest BCUT2D eigenvalue weighted by molar-refractivity contribution is -0.151. The quantitative estimate of drug-likeness (QED) is 0.866. The van der Waals surface area contributed by atoms with Crippen molar-refractivity contribution in [3.8, 4) is 0 Å². The molecule has 2 aromatic heterocycles. The molecule has 4 nitrogen and oxygen atoms in total. The summed E-state index contributed by atoms with van der Waals surface area (Å²) in [6, 6.07) is 0.668. The fourth-order valence-corrected chi connectivity index (χ4v) is 1.99. The highest BCUT2D eigenvalue weighted by Crippen LogP contribution is 2.51. The van der Waals surface area contributed by atoms with Crippen LogP contribution in [0.4, 0.5) is 32.2 Å². The summed E-state index contributed by atoms with van der Waals surface area (Å²) in [4.78, 5) is 3.70. The van der Waals surface area contributed by atoms with Crippen molar-refractivity contribution in [2.24, 2.45) is 0 Å². The molecule has 0 bridgehead atoms.